The van der Waals surface area contributed by atoms with Crippen LogP contribution in [0.1, 0.15) is 42.9 Å². The first kappa shape index (κ1) is 28.6. The lowest BCUT2D eigenvalue weighted by Crippen LogP contribution is -2.37. The van der Waals surface area contributed by atoms with Crippen LogP contribution in [-0.2, 0) is 11.4 Å². The number of piperidine rings is 1. The van der Waals surface area contributed by atoms with Gasteiger partial charge in [0.2, 0.25) is 5.95 Å². The molecule has 0 amide bonds. The number of carboxylic acid groups (broad SMARTS) is 1. The molecule has 8 heteroatoms. The van der Waals surface area contributed by atoms with Gasteiger partial charge in [0.05, 0.1) is 29.9 Å². The Labute approximate surface area is 246 Å². The Morgan fingerprint density at radius 1 is 1.00 bits per heavy atom. The summed E-state index contributed by atoms with van der Waals surface area (Å²) in [4.78, 5) is 22.7. The van der Waals surface area contributed by atoms with Gasteiger partial charge in [-0.15, -0.1) is 0 Å². The van der Waals surface area contributed by atoms with Crippen molar-refractivity contribution in [1.82, 2.24) is 9.97 Å². The summed E-state index contributed by atoms with van der Waals surface area (Å²) in [6.45, 7) is 6.22. The van der Waals surface area contributed by atoms with E-state index in [9.17, 15) is 9.90 Å². The number of rotatable bonds is 10. The van der Waals surface area contributed by atoms with Crippen molar-refractivity contribution >= 4 is 11.9 Å². The molecule has 42 heavy (non-hydrogen) atoms. The third-order valence-electron chi connectivity index (χ3n) is 7.44. The van der Waals surface area contributed by atoms with E-state index in [1.54, 1.807) is 6.20 Å². The van der Waals surface area contributed by atoms with E-state index < -0.39 is 5.97 Å². The Hall–Kier alpha value is -4.90. The smallest absolute Gasteiger partial charge is 0.306 e. The summed E-state index contributed by atoms with van der Waals surface area (Å²) in [6.07, 6.45) is 3.78. The van der Waals surface area contributed by atoms with E-state index in [1.807, 2.05) is 72.5 Å². The third-order valence-corrected chi connectivity index (χ3v) is 7.44. The molecule has 0 bridgehead atoms. The standard InChI is InChI=1S/C34H34N4O4/c1-3-18-41-32-20-27(25-7-5-24(21-35)6-8-25)9-10-28(32)22-42-31-11-4-23(2)19-29(31)30-12-15-36-34(37-30)38-16-13-26(14-17-38)33(39)40/h4-12,15,19-20,26H,3,13-14,16-18,22H2,1-2H3,(H,39,40). The summed E-state index contributed by atoms with van der Waals surface area (Å²) in [5.41, 5.74) is 6.26. The van der Waals surface area contributed by atoms with E-state index in [4.69, 9.17) is 19.7 Å². The molecule has 2 heterocycles. The van der Waals surface area contributed by atoms with Crippen LogP contribution in [0.25, 0.3) is 22.4 Å². The van der Waals surface area contributed by atoms with Gasteiger partial charge in [0, 0.05) is 30.4 Å². The van der Waals surface area contributed by atoms with Crippen LogP contribution in [-0.4, -0.2) is 40.7 Å². The number of hydrogen-bond acceptors (Lipinski definition) is 7. The van der Waals surface area contributed by atoms with Crippen molar-refractivity contribution in [3.63, 3.8) is 0 Å². The lowest BCUT2D eigenvalue weighted by Gasteiger charge is -2.30. The monoisotopic (exact) mass is 562 g/mol. The van der Waals surface area contributed by atoms with Gasteiger partial charge in [-0.05, 0) is 73.7 Å². The number of aliphatic carboxylic acids is 1. The van der Waals surface area contributed by atoms with Crippen molar-refractivity contribution < 1.29 is 19.4 Å². The van der Waals surface area contributed by atoms with E-state index in [0.29, 0.717) is 56.4 Å². The van der Waals surface area contributed by atoms with Crippen LogP contribution < -0.4 is 14.4 Å². The number of anilines is 1. The van der Waals surface area contributed by atoms with Crippen molar-refractivity contribution in [3.05, 3.63) is 89.6 Å². The molecule has 1 aliphatic rings. The fraction of sp³-hybridized carbons (Fsp3) is 0.294. The third kappa shape index (κ3) is 6.69. The largest absolute Gasteiger partial charge is 0.493 e. The average molecular weight is 563 g/mol. The number of ether oxygens (including phenoxy) is 2. The molecule has 1 saturated heterocycles. The molecule has 5 rings (SSSR count). The molecule has 4 aromatic rings. The van der Waals surface area contributed by atoms with Gasteiger partial charge in [0.1, 0.15) is 18.1 Å². The molecule has 1 aliphatic heterocycles. The quantitative estimate of drug-likeness (QED) is 0.229. The second kappa shape index (κ2) is 13.2. The van der Waals surface area contributed by atoms with Crippen LogP contribution in [0.4, 0.5) is 5.95 Å². The molecule has 0 spiro atoms. The molecule has 3 aromatic carbocycles. The molecule has 0 saturated carbocycles. The summed E-state index contributed by atoms with van der Waals surface area (Å²) in [5, 5.41) is 18.5. The van der Waals surface area contributed by atoms with Gasteiger partial charge in [-0.1, -0.05) is 42.8 Å². The fourth-order valence-corrected chi connectivity index (χ4v) is 5.04. The summed E-state index contributed by atoms with van der Waals surface area (Å²) >= 11 is 0. The van der Waals surface area contributed by atoms with Gasteiger partial charge < -0.3 is 19.5 Å². The number of carbonyl (C=O) groups is 1. The number of benzene rings is 3. The summed E-state index contributed by atoms with van der Waals surface area (Å²) in [5.74, 6) is 1.01. The Bertz CT molecular complexity index is 1590. The summed E-state index contributed by atoms with van der Waals surface area (Å²) in [7, 11) is 0. The second-order valence-corrected chi connectivity index (χ2v) is 10.5. The van der Waals surface area contributed by atoms with Gasteiger partial charge in [-0.2, -0.15) is 5.26 Å². The highest BCUT2D eigenvalue weighted by Gasteiger charge is 2.26. The normalized spacial score (nSPS) is 13.4. The Balaban J connectivity index is 1.37. The predicted molar refractivity (Wildman–Crippen MR) is 161 cm³/mol. The second-order valence-electron chi connectivity index (χ2n) is 10.5. The summed E-state index contributed by atoms with van der Waals surface area (Å²) in [6, 6.07) is 23.7. The van der Waals surface area contributed by atoms with E-state index >= 15 is 0 Å². The minimum absolute atomic E-state index is 0.309. The maximum absolute atomic E-state index is 11.4. The zero-order valence-corrected chi connectivity index (χ0v) is 23.9. The molecule has 0 unspecified atom stereocenters. The first-order valence-electron chi connectivity index (χ1n) is 14.3. The van der Waals surface area contributed by atoms with Gasteiger partial charge in [-0.25, -0.2) is 9.97 Å². The van der Waals surface area contributed by atoms with Crippen molar-refractivity contribution in [2.24, 2.45) is 5.92 Å². The SMILES string of the molecule is CCCOc1cc(-c2ccc(C#N)cc2)ccc1COc1ccc(C)cc1-c1ccnc(N2CCC(C(=O)O)CC2)n1. The maximum atomic E-state index is 11.4. The first-order valence-corrected chi connectivity index (χ1v) is 14.3. The Morgan fingerprint density at radius 2 is 1.76 bits per heavy atom. The lowest BCUT2D eigenvalue weighted by atomic mass is 9.97. The topological polar surface area (TPSA) is 109 Å². The van der Waals surface area contributed by atoms with Gasteiger partial charge in [0.15, 0.2) is 0 Å². The van der Waals surface area contributed by atoms with E-state index in [2.05, 4.69) is 24.0 Å². The van der Waals surface area contributed by atoms with Crippen molar-refractivity contribution in [2.45, 2.75) is 39.7 Å². The number of aryl methyl sites for hydroxylation is 1. The average Bonchev–Trinajstić information content (AvgIpc) is 3.03. The number of nitrogens with zero attached hydrogens (tertiary/aromatic N) is 4. The first-order chi connectivity index (χ1) is 20.4. The number of nitriles is 1. The predicted octanol–water partition coefficient (Wildman–Crippen LogP) is 6.66. The summed E-state index contributed by atoms with van der Waals surface area (Å²) < 4.78 is 12.5. The van der Waals surface area contributed by atoms with E-state index in [-0.39, 0.29) is 5.92 Å². The lowest BCUT2D eigenvalue weighted by molar-refractivity contribution is -0.142. The maximum Gasteiger partial charge on any atom is 0.306 e. The van der Waals surface area contributed by atoms with Crippen LogP contribution >= 0.6 is 0 Å². The van der Waals surface area contributed by atoms with Crippen LogP contribution in [0, 0.1) is 24.2 Å². The number of carboxylic acids is 1. The molecule has 1 N–H and O–H groups in total. The van der Waals surface area contributed by atoms with Gasteiger partial charge in [-0.3, -0.25) is 4.79 Å². The van der Waals surface area contributed by atoms with Gasteiger partial charge in [0.25, 0.3) is 0 Å². The van der Waals surface area contributed by atoms with Crippen LogP contribution in [0.5, 0.6) is 11.5 Å². The zero-order valence-electron chi connectivity index (χ0n) is 23.9. The molecule has 8 nitrogen and oxygen atoms in total. The van der Waals surface area contributed by atoms with Crippen molar-refractivity contribution in [1.29, 1.82) is 5.26 Å². The molecular formula is C34H34N4O4. The fourth-order valence-electron chi connectivity index (χ4n) is 5.04. The molecule has 0 aliphatic carbocycles. The molecule has 214 valence electrons. The molecule has 0 radical (unpaired) electrons. The Morgan fingerprint density at radius 3 is 2.48 bits per heavy atom. The van der Waals surface area contributed by atoms with Crippen molar-refractivity contribution in [2.75, 3.05) is 24.6 Å². The molecule has 1 fully saturated rings. The highest BCUT2D eigenvalue weighted by Crippen LogP contribution is 2.34. The minimum Gasteiger partial charge on any atom is -0.493 e. The molecular weight excluding hydrogens is 528 g/mol. The number of hydrogen-bond donors (Lipinski definition) is 1. The van der Waals surface area contributed by atoms with Crippen LogP contribution in [0.2, 0.25) is 0 Å². The van der Waals surface area contributed by atoms with E-state index in [1.165, 1.54) is 0 Å². The van der Waals surface area contributed by atoms with Crippen LogP contribution in [0.3, 0.4) is 0 Å². The highest BCUT2D eigenvalue weighted by atomic mass is 16.5. The van der Waals surface area contributed by atoms with E-state index in [0.717, 1.165) is 45.7 Å². The van der Waals surface area contributed by atoms with Crippen molar-refractivity contribution in [3.8, 4) is 40.0 Å². The zero-order chi connectivity index (χ0) is 29.5. The Kier molecular flexibility index (Phi) is 8.98. The minimum atomic E-state index is -0.738. The van der Waals surface area contributed by atoms with Crippen LogP contribution in [0.15, 0.2) is 72.9 Å². The molecule has 0 atom stereocenters. The highest BCUT2D eigenvalue weighted by molar-refractivity contribution is 5.71. The van der Waals surface area contributed by atoms with Gasteiger partial charge >= 0.3 is 5.97 Å². The number of aromatic nitrogens is 2. The molecule has 1 aromatic heterocycles.